The standard InChI is InChI=1S/C11H16OSi/c1-5-10-6-8-11(9-7-10)12-13(2,3)4/h5-9H,1H2,2-4H3. The second-order valence-electron chi connectivity index (χ2n) is 3.99. The van der Waals surface area contributed by atoms with Gasteiger partial charge >= 0.3 is 0 Å². The first-order valence-electron chi connectivity index (χ1n) is 4.43. The molecule has 13 heavy (non-hydrogen) atoms. The molecule has 0 aliphatic rings. The Morgan fingerprint density at radius 2 is 1.69 bits per heavy atom. The molecule has 0 aliphatic heterocycles. The van der Waals surface area contributed by atoms with E-state index in [4.69, 9.17) is 4.43 Å². The quantitative estimate of drug-likeness (QED) is 0.666. The van der Waals surface area contributed by atoms with E-state index in [2.05, 4.69) is 26.2 Å². The molecule has 0 radical (unpaired) electrons. The van der Waals surface area contributed by atoms with Crippen LogP contribution in [0.1, 0.15) is 5.56 Å². The van der Waals surface area contributed by atoms with E-state index in [9.17, 15) is 0 Å². The lowest BCUT2D eigenvalue weighted by Gasteiger charge is -2.18. The highest BCUT2D eigenvalue weighted by Crippen LogP contribution is 2.16. The Labute approximate surface area is 81.2 Å². The van der Waals surface area contributed by atoms with Crippen LogP contribution in [0.2, 0.25) is 19.6 Å². The first-order valence-corrected chi connectivity index (χ1v) is 7.83. The van der Waals surface area contributed by atoms with Gasteiger partial charge in [-0.05, 0) is 37.3 Å². The predicted molar refractivity (Wildman–Crippen MR) is 60.5 cm³/mol. The molecular weight excluding hydrogens is 176 g/mol. The summed E-state index contributed by atoms with van der Waals surface area (Å²) >= 11 is 0. The summed E-state index contributed by atoms with van der Waals surface area (Å²) in [5.74, 6) is 0.963. The molecule has 0 aromatic heterocycles. The van der Waals surface area contributed by atoms with Gasteiger partial charge in [0.15, 0.2) is 0 Å². The largest absolute Gasteiger partial charge is 0.544 e. The van der Waals surface area contributed by atoms with Gasteiger partial charge in [-0.2, -0.15) is 0 Å². The Bertz CT molecular complexity index is 282. The van der Waals surface area contributed by atoms with E-state index in [0.717, 1.165) is 11.3 Å². The van der Waals surface area contributed by atoms with Crippen molar-refractivity contribution >= 4 is 14.4 Å². The van der Waals surface area contributed by atoms with Crippen LogP contribution in [0.15, 0.2) is 30.8 Å². The minimum Gasteiger partial charge on any atom is -0.544 e. The van der Waals surface area contributed by atoms with Crippen LogP contribution in [0.4, 0.5) is 0 Å². The minimum atomic E-state index is -1.45. The highest BCUT2D eigenvalue weighted by atomic mass is 28.4. The summed E-state index contributed by atoms with van der Waals surface area (Å²) in [7, 11) is -1.45. The van der Waals surface area contributed by atoms with Gasteiger partial charge in [-0.3, -0.25) is 0 Å². The van der Waals surface area contributed by atoms with Gasteiger partial charge in [0.1, 0.15) is 5.75 Å². The zero-order valence-corrected chi connectivity index (χ0v) is 9.50. The number of rotatable bonds is 3. The molecule has 0 spiro atoms. The van der Waals surface area contributed by atoms with Crippen molar-refractivity contribution < 1.29 is 4.43 Å². The molecule has 0 atom stereocenters. The average Bonchev–Trinajstić information content (AvgIpc) is 2.03. The maximum atomic E-state index is 5.81. The van der Waals surface area contributed by atoms with Gasteiger partial charge in [0.05, 0.1) is 0 Å². The summed E-state index contributed by atoms with van der Waals surface area (Å²) in [6.45, 7) is 10.2. The fourth-order valence-electron chi connectivity index (χ4n) is 1.03. The molecule has 0 unspecified atom stereocenters. The van der Waals surface area contributed by atoms with Crippen molar-refractivity contribution in [3.63, 3.8) is 0 Å². The SMILES string of the molecule is C=Cc1ccc(O[Si](C)(C)C)cc1. The van der Waals surface area contributed by atoms with Crippen molar-refractivity contribution in [3.8, 4) is 5.75 Å². The molecule has 0 amide bonds. The first kappa shape index (κ1) is 10.1. The fraction of sp³-hybridized carbons (Fsp3) is 0.273. The van der Waals surface area contributed by atoms with E-state index in [0.29, 0.717) is 0 Å². The summed E-state index contributed by atoms with van der Waals surface area (Å²) in [6.07, 6.45) is 1.83. The van der Waals surface area contributed by atoms with Crippen LogP contribution in [0, 0.1) is 0 Å². The third-order valence-electron chi connectivity index (χ3n) is 1.54. The van der Waals surface area contributed by atoms with Crippen LogP contribution in [0.3, 0.4) is 0 Å². The second kappa shape index (κ2) is 3.79. The maximum absolute atomic E-state index is 5.81. The Hall–Kier alpha value is -1.02. The molecule has 0 saturated heterocycles. The van der Waals surface area contributed by atoms with Crippen molar-refractivity contribution in [1.29, 1.82) is 0 Å². The Morgan fingerprint density at radius 3 is 2.08 bits per heavy atom. The molecule has 0 fully saturated rings. The summed E-state index contributed by atoms with van der Waals surface area (Å²) < 4.78 is 5.81. The summed E-state index contributed by atoms with van der Waals surface area (Å²) in [5, 5.41) is 0. The average molecular weight is 192 g/mol. The second-order valence-corrected chi connectivity index (χ2v) is 8.42. The van der Waals surface area contributed by atoms with Crippen LogP contribution in [-0.2, 0) is 0 Å². The molecule has 0 N–H and O–H groups in total. The molecule has 70 valence electrons. The molecule has 1 aromatic rings. The predicted octanol–water partition coefficient (Wildman–Crippen LogP) is 3.54. The topological polar surface area (TPSA) is 9.23 Å². The number of hydrogen-bond donors (Lipinski definition) is 0. The minimum absolute atomic E-state index is 0.963. The monoisotopic (exact) mass is 192 g/mol. The van der Waals surface area contributed by atoms with Gasteiger partial charge in [0, 0.05) is 0 Å². The lowest BCUT2D eigenvalue weighted by atomic mass is 10.2. The van der Waals surface area contributed by atoms with Gasteiger partial charge in [-0.15, -0.1) is 0 Å². The smallest absolute Gasteiger partial charge is 0.242 e. The van der Waals surface area contributed by atoms with Crippen molar-refractivity contribution in [3.05, 3.63) is 36.4 Å². The zero-order valence-electron chi connectivity index (χ0n) is 8.50. The van der Waals surface area contributed by atoms with Crippen molar-refractivity contribution in [2.45, 2.75) is 19.6 Å². The van der Waals surface area contributed by atoms with E-state index >= 15 is 0 Å². The summed E-state index contributed by atoms with van der Waals surface area (Å²) in [4.78, 5) is 0. The molecule has 1 rings (SSSR count). The normalized spacial score (nSPS) is 11.0. The highest BCUT2D eigenvalue weighted by molar-refractivity contribution is 6.70. The fourth-order valence-corrected chi connectivity index (χ4v) is 1.87. The van der Waals surface area contributed by atoms with Crippen LogP contribution in [0.25, 0.3) is 6.08 Å². The Kier molecular flexibility index (Phi) is 2.93. The molecule has 0 aliphatic carbocycles. The van der Waals surface area contributed by atoms with Crippen molar-refractivity contribution in [2.75, 3.05) is 0 Å². The van der Waals surface area contributed by atoms with E-state index in [1.54, 1.807) is 0 Å². The van der Waals surface area contributed by atoms with Crippen LogP contribution in [0.5, 0.6) is 5.75 Å². The lowest BCUT2D eigenvalue weighted by Crippen LogP contribution is -2.29. The van der Waals surface area contributed by atoms with E-state index in [-0.39, 0.29) is 0 Å². The third kappa shape index (κ3) is 3.47. The Morgan fingerprint density at radius 1 is 1.15 bits per heavy atom. The molecule has 1 nitrogen and oxygen atoms in total. The van der Waals surface area contributed by atoms with Crippen LogP contribution >= 0.6 is 0 Å². The van der Waals surface area contributed by atoms with Crippen LogP contribution in [-0.4, -0.2) is 8.32 Å². The number of benzene rings is 1. The zero-order chi connectivity index (χ0) is 9.90. The van der Waals surface area contributed by atoms with Gasteiger partial charge in [-0.1, -0.05) is 24.8 Å². The molecule has 2 heteroatoms. The van der Waals surface area contributed by atoms with Gasteiger partial charge in [-0.25, -0.2) is 0 Å². The van der Waals surface area contributed by atoms with Crippen molar-refractivity contribution in [2.24, 2.45) is 0 Å². The Balaban J connectivity index is 2.75. The molecular formula is C11H16OSi. The van der Waals surface area contributed by atoms with E-state index in [1.807, 2.05) is 30.3 Å². The highest BCUT2D eigenvalue weighted by Gasteiger charge is 2.15. The molecule has 0 bridgehead atoms. The molecule has 0 saturated carbocycles. The van der Waals surface area contributed by atoms with Gasteiger partial charge in [0.25, 0.3) is 0 Å². The lowest BCUT2D eigenvalue weighted by molar-refractivity contribution is 0.557. The van der Waals surface area contributed by atoms with E-state index < -0.39 is 8.32 Å². The number of hydrogen-bond acceptors (Lipinski definition) is 1. The van der Waals surface area contributed by atoms with Crippen molar-refractivity contribution in [1.82, 2.24) is 0 Å². The van der Waals surface area contributed by atoms with Gasteiger partial charge < -0.3 is 4.43 Å². The summed E-state index contributed by atoms with van der Waals surface area (Å²) in [6, 6.07) is 8.02. The third-order valence-corrected chi connectivity index (χ3v) is 2.39. The maximum Gasteiger partial charge on any atom is 0.242 e. The van der Waals surface area contributed by atoms with Crippen LogP contribution < -0.4 is 4.43 Å². The molecule has 0 heterocycles. The van der Waals surface area contributed by atoms with E-state index in [1.165, 1.54) is 0 Å². The molecule has 1 aromatic carbocycles. The van der Waals surface area contributed by atoms with Gasteiger partial charge in [0.2, 0.25) is 8.32 Å². The first-order chi connectivity index (χ1) is 6.01. The summed E-state index contributed by atoms with van der Waals surface area (Å²) in [5.41, 5.74) is 1.13.